The minimum Gasteiger partial charge on any atom is -0.317 e. The van der Waals surface area contributed by atoms with Crippen LogP contribution in [0.4, 0.5) is 0 Å². The molecule has 0 aromatic heterocycles. The van der Waals surface area contributed by atoms with Gasteiger partial charge in [0.05, 0.1) is 0 Å². The fourth-order valence-electron chi connectivity index (χ4n) is 3.73. The van der Waals surface area contributed by atoms with Gasteiger partial charge in [-0.3, -0.25) is 0 Å². The van der Waals surface area contributed by atoms with Gasteiger partial charge >= 0.3 is 0 Å². The molecular weight excluding hydrogens is 230 g/mol. The molecule has 1 aromatic rings. The lowest BCUT2D eigenvalue weighted by Gasteiger charge is -2.22. The molecule has 1 aliphatic rings. The second-order valence-corrected chi connectivity index (χ2v) is 6.45. The summed E-state index contributed by atoms with van der Waals surface area (Å²) in [6.07, 6.45) is 8.33. The van der Waals surface area contributed by atoms with Gasteiger partial charge in [0, 0.05) is 6.04 Å². The van der Waals surface area contributed by atoms with Crippen molar-refractivity contribution in [3.63, 3.8) is 0 Å². The van der Waals surface area contributed by atoms with Crippen LogP contribution >= 0.6 is 0 Å². The van der Waals surface area contributed by atoms with Crippen LogP contribution in [0.1, 0.15) is 54.4 Å². The predicted molar refractivity (Wildman–Crippen MR) is 83.8 cm³/mol. The highest BCUT2D eigenvalue weighted by Crippen LogP contribution is 2.30. The fraction of sp³-hybridized carbons (Fsp3) is 0.667. The molecule has 0 saturated heterocycles. The van der Waals surface area contributed by atoms with Gasteiger partial charge in [0.2, 0.25) is 0 Å². The average molecular weight is 259 g/mol. The van der Waals surface area contributed by atoms with Crippen molar-refractivity contribution >= 4 is 0 Å². The van der Waals surface area contributed by atoms with Crippen LogP contribution in [0.25, 0.3) is 0 Å². The lowest BCUT2D eigenvalue weighted by Crippen LogP contribution is -2.30. The molecule has 19 heavy (non-hydrogen) atoms. The number of nitrogens with one attached hydrogen (secondary N) is 1. The first-order chi connectivity index (χ1) is 9.10. The van der Waals surface area contributed by atoms with Crippen molar-refractivity contribution in [3.05, 3.63) is 34.4 Å². The van der Waals surface area contributed by atoms with Gasteiger partial charge in [0.25, 0.3) is 0 Å². The monoisotopic (exact) mass is 259 g/mol. The summed E-state index contributed by atoms with van der Waals surface area (Å²) in [6, 6.07) is 5.29. The van der Waals surface area contributed by atoms with Crippen molar-refractivity contribution < 1.29 is 0 Å². The zero-order valence-corrected chi connectivity index (χ0v) is 13.1. The molecule has 106 valence electrons. The Morgan fingerprint density at radius 1 is 1.11 bits per heavy atom. The third kappa shape index (κ3) is 3.82. The van der Waals surface area contributed by atoms with Gasteiger partial charge in [0.1, 0.15) is 0 Å². The van der Waals surface area contributed by atoms with Gasteiger partial charge < -0.3 is 5.32 Å². The first-order valence-electron chi connectivity index (χ1n) is 7.84. The van der Waals surface area contributed by atoms with Crippen LogP contribution in [0.5, 0.6) is 0 Å². The number of hydrogen-bond acceptors (Lipinski definition) is 1. The summed E-state index contributed by atoms with van der Waals surface area (Å²) < 4.78 is 0. The molecule has 1 aliphatic carbocycles. The van der Waals surface area contributed by atoms with Gasteiger partial charge in [-0.1, -0.05) is 43.4 Å². The smallest absolute Gasteiger partial charge is 0.0107 e. The van der Waals surface area contributed by atoms with Crippen molar-refractivity contribution in [2.75, 3.05) is 7.05 Å². The van der Waals surface area contributed by atoms with Crippen molar-refractivity contribution in [1.82, 2.24) is 5.32 Å². The number of benzene rings is 1. The summed E-state index contributed by atoms with van der Waals surface area (Å²) in [5.74, 6) is 0.962. The second-order valence-electron chi connectivity index (χ2n) is 6.45. The predicted octanol–water partition coefficient (Wildman–Crippen LogP) is 4.32. The lowest BCUT2D eigenvalue weighted by atomic mass is 9.90. The SMILES string of the molecule is CNC(Cc1c(C)cc(C)cc1C)CC1CCCC1. The topological polar surface area (TPSA) is 12.0 Å². The Balaban J connectivity index is 2.05. The normalized spacial score (nSPS) is 17.9. The van der Waals surface area contributed by atoms with Gasteiger partial charge in [-0.15, -0.1) is 0 Å². The van der Waals surface area contributed by atoms with E-state index in [1.54, 1.807) is 5.56 Å². The molecule has 2 rings (SSSR count). The van der Waals surface area contributed by atoms with Crippen LogP contribution in [-0.2, 0) is 6.42 Å². The van der Waals surface area contributed by atoms with Crippen LogP contribution in [0.2, 0.25) is 0 Å². The molecule has 1 saturated carbocycles. The molecule has 1 unspecified atom stereocenters. The van der Waals surface area contributed by atoms with E-state index in [0.717, 1.165) is 5.92 Å². The fourth-order valence-corrected chi connectivity index (χ4v) is 3.73. The maximum absolute atomic E-state index is 3.55. The molecule has 1 N–H and O–H groups in total. The molecule has 0 aliphatic heterocycles. The Morgan fingerprint density at radius 2 is 1.68 bits per heavy atom. The lowest BCUT2D eigenvalue weighted by molar-refractivity contribution is 0.402. The molecule has 0 amide bonds. The maximum atomic E-state index is 3.55. The van der Waals surface area contributed by atoms with Gasteiger partial charge in [-0.25, -0.2) is 0 Å². The Kier molecular flexibility index (Phi) is 5.04. The molecule has 1 aromatic carbocycles. The highest BCUT2D eigenvalue weighted by Gasteiger charge is 2.20. The van der Waals surface area contributed by atoms with E-state index in [-0.39, 0.29) is 0 Å². The quantitative estimate of drug-likeness (QED) is 0.830. The summed E-state index contributed by atoms with van der Waals surface area (Å²) in [4.78, 5) is 0. The molecule has 0 spiro atoms. The third-order valence-corrected chi connectivity index (χ3v) is 4.79. The summed E-state index contributed by atoms with van der Waals surface area (Å²) in [5.41, 5.74) is 5.87. The molecule has 0 bridgehead atoms. The molecule has 1 heteroatoms. The molecule has 1 nitrogen and oxygen atoms in total. The minimum absolute atomic E-state index is 0.642. The molecule has 0 radical (unpaired) electrons. The Hall–Kier alpha value is -0.820. The van der Waals surface area contributed by atoms with Crippen LogP contribution in [-0.4, -0.2) is 13.1 Å². The van der Waals surface area contributed by atoms with Gasteiger partial charge in [-0.05, 0) is 63.3 Å². The standard InChI is InChI=1S/C18H29N/c1-13-9-14(2)18(15(3)10-13)12-17(19-4)11-16-7-5-6-8-16/h9-10,16-17,19H,5-8,11-12H2,1-4H3. The Bertz CT molecular complexity index is 393. The second kappa shape index (κ2) is 6.56. The number of aryl methyl sites for hydroxylation is 3. The number of likely N-dealkylation sites (N-methyl/N-ethyl adjacent to an activating group) is 1. The van der Waals surface area contributed by atoms with E-state index >= 15 is 0 Å². The molecule has 1 fully saturated rings. The highest BCUT2D eigenvalue weighted by molar-refractivity contribution is 5.38. The number of hydrogen-bond donors (Lipinski definition) is 1. The molecular formula is C18H29N. The number of rotatable bonds is 5. The van der Waals surface area contributed by atoms with Crippen LogP contribution in [0, 0.1) is 26.7 Å². The van der Waals surface area contributed by atoms with Crippen molar-refractivity contribution in [2.45, 2.75) is 65.3 Å². The minimum atomic E-state index is 0.642. The Labute approximate surface area is 118 Å². The first-order valence-corrected chi connectivity index (χ1v) is 7.84. The maximum Gasteiger partial charge on any atom is 0.0107 e. The summed E-state index contributed by atoms with van der Waals surface area (Å²) >= 11 is 0. The van der Waals surface area contributed by atoms with Crippen molar-refractivity contribution in [1.29, 1.82) is 0 Å². The van der Waals surface area contributed by atoms with Crippen molar-refractivity contribution in [2.24, 2.45) is 5.92 Å². The van der Waals surface area contributed by atoms with Gasteiger partial charge in [0.15, 0.2) is 0 Å². The van der Waals surface area contributed by atoms with Crippen molar-refractivity contribution in [3.8, 4) is 0 Å². The third-order valence-electron chi connectivity index (χ3n) is 4.79. The Morgan fingerprint density at radius 3 is 2.21 bits per heavy atom. The first kappa shape index (κ1) is 14.6. The van der Waals surface area contributed by atoms with E-state index in [1.165, 1.54) is 55.2 Å². The van der Waals surface area contributed by atoms with E-state index in [4.69, 9.17) is 0 Å². The van der Waals surface area contributed by atoms with E-state index in [9.17, 15) is 0 Å². The van der Waals surface area contributed by atoms with Crippen LogP contribution in [0.3, 0.4) is 0 Å². The van der Waals surface area contributed by atoms with E-state index < -0.39 is 0 Å². The van der Waals surface area contributed by atoms with Crippen LogP contribution in [0.15, 0.2) is 12.1 Å². The highest BCUT2D eigenvalue weighted by atomic mass is 14.9. The van der Waals surface area contributed by atoms with E-state index in [1.807, 2.05) is 0 Å². The summed E-state index contributed by atoms with van der Waals surface area (Å²) in [5, 5.41) is 3.55. The molecule has 1 atom stereocenters. The molecule has 0 heterocycles. The van der Waals surface area contributed by atoms with Gasteiger partial charge in [-0.2, -0.15) is 0 Å². The summed E-state index contributed by atoms with van der Waals surface area (Å²) in [7, 11) is 2.12. The van der Waals surface area contributed by atoms with Crippen LogP contribution < -0.4 is 5.32 Å². The van der Waals surface area contributed by atoms with E-state index in [2.05, 4.69) is 45.3 Å². The summed E-state index contributed by atoms with van der Waals surface area (Å²) in [6.45, 7) is 6.72. The zero-order valence-electron chi connectivity index (χ0n) is 13.1. The van der Waals surface area contributed by atoms with E-state index in [0.29, 0.717) is 6.04 Å². The largest absolute Gasteiger partial charge is 0.317 e. The zero-order chi connectivity index (χ0) is 13.8. The average Bonchev–Trinajstić information content (AvgIpc) is 2.84.